The number of carboxylic acid groups (broad SMARTS) is 2. The number of aliphatic hydroxyl groups excluding tert-OH is 2. The molecule has 0 fully saturated rings. The second-order valence-corrected chi connectivity index (χ2v) is 10.8. The molecule has 8 bridgehead atoms. The van der Waals surface area contributed by atoms with Crippen LogP contribution in [0, 0.1) is 13.8 Å². The maximum atomic E-state index is 11.6. The van der Waals surface area contributed by atoms with Gasteiger partial charge in [-0.2, -0.15) is 0 Å². The van der Waals surface area contributed by atoms with Gasteiger partial charge in [-0.15, -0.1) is 44.2 Å². The molecule has 4 aromatic rings. The minimum Gasteiger partial charge on any atom is -0.657 e. The van der Waals surface area contributed by atoms with Crippen molar-refractivity contribution in [3.63, 3.8) is 0 Å². The normalized spacial score (nSPS) is 16.0. The number of fused-ring (bicyclic) bond motifs is 8. The van der Waals surface area contributed by atoms with Crippen LogP contribution >= 0.6 is 0 Å². The zero-order valence-corrected chi connectivity index (χ0v) is 26.5. The van der Waals surface area contributed by atoms with E-state index in [9.17, 15) is 35.1 Å². The smallest absolute Gasteiger partial charge is 0.657 e. The van der Waals surface area contributed by atoms with Gasteiger partial charge in [-0.1, -0.05) is 65.3 Å². The van der Waals surface area contributed by atoms with Crippen LogP contribution in [0.15, 0.2) is 6.58 Å². The Bertz CT molecular complexity index is 2230. The third-order valence-electron chi connectivity index (χ3n) is 8.08. The van der Waals surface area contributed by atoms with Crippen LogP contribution in [0.3, 0.4) is 0 Å². The van der Waals surface area contributed by atoms with E-state index < -0.39 is 18.2 Å². The van der Waals surface area contributed by atoms with Gasteiger partial charge in [0.2, 0.25) is 0 Å². The molecule has 0 atom stereocenters. The molecule has 5 N–H and O–H groups in total. The zero-order chi connectivity index (χ0) is 32.6. The Morgan fingerprint density at radius 2 is 1.28 bits per heavy atom. The van der Waals surface area contributed by atoms with E-state index in [4.69, 9.17) is 19.9 Å². The number of carbonyl (C=O) groups is 2. The fourth-order valence-corrected chi connectivity index (χ4v) is 5.81. The average Bonchev–Trinajstić information content (AvgIpc) is 3.67. The van der Waals surface area contributed by atoms with Crippen LogP contribution in [-0.4, -0.2) is 37.5 Å². The van der Waals surface area contributed by atoms with E-state index in [0.717, 1.165) is 11.8 Å². The van der Waals surface area contributed by atoms with E-state index in [2.05, 4.69) is 6.58 Å². The largest absolute Gasteiger partial charge is 4.00 e. The Labute approximate surface area is 273 Å². The van der Waals surface area contributed by atoms with Crippen molar-refractivity contribution >= 4 is 54.7 Å². The predicted molar refractivity (Wildman–Crippen MR) is 167 cm³/mol. The second-order valence-electron chi connectivity index (χ2n) is 10.8. The van der Waals surface area contributed by atoms with Gasteiger partial charge in [0.1, 0.15) is 0 Å². The summed E-state index contributed by atoms with van der Waals surface area (Å²) in [4.78, 5) is 42.2. The molecule has 0 spiro atoms. The summed E-state index contributed by atoms with van der Waals surface area (Å²) < 4.78 is 0. The van der Waals surface area contributed by atoms with Gasteiger partial charge in [-0.3, -0.25) is 9.59 Å². The molecule has 5 heterocycles. The quantitative estimate of drug-likeness (QED) is 0.0960. The summed E-state index contributed by atoms with van der Waals surface area (Å²) in [6.07, 6.45) is 8.83. The Hall–Kier alpha value is -4.74. The molecule has 0 amide bonds. The Morgan fingerprint density at radius 3 is 1.85 bits per heavy atom. The van der Waals surface area contributed by atoms with Crippen LogP contribution in [0.5, 0.6) is 0 Å². The molecule has 0 unspecified atom stereocenters. The Kier molecular flexibility index (Phi) is 10.2. The summed E-state index contributed by atoms with van der Waals surface area (Å²) in [5.74, 6) is -2.07. The summed E-state index contributed by atoms with van der Waals surface area (Å²) in [6.45, 7) is 9.46. The van der Waals surface area contributed by atoms with Crippen LogP contribution in [0.1, 0.15) is 82.2 Å². The number of hydrogen-bond acceptors (Lipinski definition) is 5. The first-order valence-electron chi connectivity index (χ1n) is 14.3. The van der Waals surface area contributed by atoms with Gasteiger partial charge in [0.05, 0.1) is 6.26 Å². The molecule has 0 aliphatic carbocycles. The molecule has 11 nitrogen and oxygen atoms in total. The molecule has 5 rings (SSSR count). The molecule has 4 aromatic heterocycles. The number of carboxylic acids is 2. The second kappa shape index (κ2) is 13.7. The summed E-state index contributed by atoms with van der Waals surface area (Å²) in [5, 5.41) is 52.8. The summed E-state index contributed by atoms with van der Waals surface area (Å²) in [6, 6.07) is 0. The molecule has 12 heteroatoms. The molecule has 0 radical (unpaired) electrons. The molecule has 0 saturated heterocycles. The molecular formula is C34H32FeN4O7. The van der Waals surface area contributed by atoms with Crippen molar-refractivity contribution in [1.82, 2.24) is 19.9 Å². The summed E-state index contributed by atoms with van der Waals surface area (Å²) in [7, 11) is 0. The van der Waals surface area contributed by atoms with Crippen molar-refractivity contribution in [3.05, 3.63) is 94.6 Å². The van der Waals surface area contributed by atoms with Crippen molar-refractivity contribution in [2.75, 3.05) is 0 Å². The number of hydrogen-bond donors (Lipinski definition) is 5. The van der Waals surface area contributed by atoms with E-state index in [1.807, 2.05) is 26.8 Å². The van der Waals surface area contributed by atoms with Crippen molar-refractivity contribution in [1.29, 1.82) is 0 Å². The molecule has 0 aromatic carbocycles. The van der Waals surface area contributed by atoms with Gasteiger partial charge in [0.15, 0.2) is 6.29 Å². The van der Waals surface area contributed by atoms with E-state index >= 15 is 0 Å². The van der Waals surface area contributed by atoms with E-state index in [0.29, 0.717) is 66.2 Å². The summed E-state index contributed by atoms with van der Waals surface area (Å²) >= 11 is 0. The molecule has 46 heavy (non-hydrogen) atoms. The first-order valence-corrected chi connectivity index (χ1v) is 14.3. The van der Waals surface area contributed by atoms with Gasteiger partial charge in [-0.05, 0) is 55.2 Å². The van der Waals surface area contributed by atoms with Crippen molar-refractivity contribution in [3.8, 4) is 0 Å². The maximum Gasteiger partial charge on any atom is 4.00 e. The average molecular weight is 664 g/mol. The number of aliphatic hydroxyl groups is 3. The predicted octanol–water partition coefficient (Wildman–Crippen LogP) is -1.48. The molecule has 1 aliphatic rings. The molecular weight excluding hydrogens is 632 g/mol. The van der Waals surface area contributed by atoms with Crippen LogP contribution in [0.25, 0.3) is 42.7 Å². The van der Waals surface area contributed by atoms with Gasteiger partial charge >= 0.3 is 29.0 Å². The number of aliphatic carboxylic acids is 2. The molecule has 0 saturated carbocycles. The number of nitrogens with zero attached hydrogens (tertiary/aromatic N) is 4. The fraction of sp³-hybridized carbons (Fsp3) is 0.235. The Morgan fingerprint density at radius 1 is 0.761 bits per heavy atom. The minimum atomic E-state index is -1.97. The van der Waals surface area contributed by atoms with Crippen LogP contribution in [0.4, 0.5) is 0 Å². The van der Waals surface area contributed by atoms with Crippen molar-refractivity contribution < 1.29 is 52.2 Å². The number of aromatic nitrogens is 4. The first-order chi connectivity index (χ1) is 21.5. The monoisotopic (exact) mass is 664 g/mol. The van der Waals surface area contributed by atoms with E-state index in [-0.39, 0.29) is 59.0 Å². The van der Waals surface area contributed by atoms with Gasteiger partial charge in [-0.25, -0.2) is 0 Å². The molecule has 238 valence electrons. The van der Waals surface area contributed by atoms with Crippen LogP contribution in [0.2, 0.25) is 0 Å². The topological polar surface area (TPSA) is 192 Å². The van der Waals surface area contributed by atoms with Crippen LogP contribution in [-0.2, 0) is 39.5 Å². The summed E-state index contributed by atoms with van der Waals surface area (Å²) in [5.41, 5.74) is 5.11. The molecule has 1 aliphatic heterocycles. The fourth-order valence-electron chi connectivity index (χ4n) is 5.81. The number of rotatable bonds is 8. The Balaban J connectivity index is 0.00000480. The standard InChI is InChI=1S/C34H32N4O7.Fe/c1-5-18-16(3)23-11-26-19(6-2)22(15-39)29(37-26)12-24-17(4)20(7-9-31(40)41)27(36-24)13-28-21(8-10-32(42)43)33(34(44)45)30(38-28)14-25(18)35-23;/h5-6,11-15,34,39,44-45H,1,7-10H2,2-4H3,(H,40,41)(H,42,43);/q-4;+4/b19-6+,22-15-,26-11-,28-13-,29-12-,30-14-;. The SMILES string of the molecule is C=Cc1c2[n-]c(c1C)\C=c1[n-]c(/c(=C\O)c/1=C\C)=C\c1[n-]c(c(CCC(=O)O)c1C)/C=c1\[n-]/c(c(C(O)O)c1CCC(=O)O)=C\2.[Fe+4]. The van der Waals surface area contributed by atoms with Gasteiger partial charge in [0, 0.05) is 12.8 Å². The van der Waals surface area contributed by atoms with Gasteiger partial charge < -0.3 is 45.5 Å². The zero-order valence-electron chi connectivity index (χ0n) is 25.3. The van der Waals surface area contributed by atoms with E-state index in [1.165, 1.54) is 0 Å². The van der Waals surface area contributed by atoms with Crippen molar-refractivity contribution in [2.24, 2.45) is 0 Å². The van der Waals surface area contributed by atoms with Crippen LogP contribution < -0.4 is 51.8 Å². The third kappa shape index (κ3) is 6.33. The first kappa shape index (κ1) is 34.1. The van der Waals surface area contributed by atoms with Gasteiger partial charge in [0.25, 0.3) is 0 Å². The maximum absolute atomic E-state index is 11.6. The third-order valence-corrected chi connectivity index (χ3v) is 8.08. The van der Waals surface area contributed by atoms with Crippen molar-refractivity contribution in [2.45, 2.75) is 52.7 Å². The van der Waals surface area contributed by atoms with E-state index in [1.54, 1.807) is 30.4 Å². The minimum absolute atomic E-state index is 0.